The maximum absolute atomic E-state index is 11.4. The van der Waals surface area contributed by atoms with Crippen LogP contribution in [0.25, 0.3) is 11.3 Å². The van der Waals surface area contributed by atoms with E-state index >= 15 is 0 Å². The normalized spacial score (nSPS) is 16.7. The topological polar surface area (TPSA) is 73.6 Å². The van der Waals surface area contributed by atoms with Crippen molar-refractivity contribution in [2.24, 2.45) is 0 Å². The Bertz CT molecular complexity index is 972. The van der Waals surface area contributed by atoms with Crippen LogP contribution in [-0.2, 0) is 4.74 Å². The van der Waals surface area contributed by atoms with Gasteiger partial charge in [-0.2, -0.15) is 5.10 Å². The minimum absolute atomic E-state index is 0.134. The zero-order valence-electron chi connectivity index (χ0n) is 15.7. The Balaban J connectivity index is 1.73. The van der Waals surface area contributed by atoms with E-state index in [-0.39, 0.29) is 11.8 Å². The fraction of sp³-hybridized carbons (Fsp3) is 0.273. The number of carboxylic acid groups (broad SMARTS) is 1. The summed E-state index contributed by atoms with van der Waals surface area (Å²) in [5.41, 5.74) is 2.64. The van der Waals surface area contributed by atoms with E-state index in [2.05, 4.69) is 0 Å². The van der Waals surface area contributed by atoms with Crippen molar-refractivity contribution in [1.29, 1.82) is 0 Å². The van der Waals surface area contributed by atoms with E-state index in [9.17, 15) is 9.90 Å². The van der Waals surface area contributed by atoms with Crippen molar-refractivity contribution in [3.63, 3.8) is 0 Å². The lowest BCUT2D eigenvalue weighted by Crippen LogP contribution is -2.18. The number of aromatic carboxylic acids is 1. The van der Waals surface area contributed by atoms with Gasteiger partial charge in [0.2, 0.25) is 0 Å². The zero-order valence-corrected chi connectivity index (χ0v) is 15.7. The highest BCUT2D eigenvalue weighted by Gasteiger charge is 2.21. The highest BCUT2D eigenvalue weighted by atomic mass is 16.5. The van der Waals surface area contributed by atoms with Crippen molar-refractivity contribution in [1.82, 2.24) is 9.78 Å². The van der Waals surface area contributed by atoms with Crippen molar-refractivity contribution >= 4 is 5.97 Å². The van der Waals surface area contributed by atoms with Crippen LogP contribution < -0.4 is 4.74 Å². The number of ether oxygens (including phenoxy) is 2. The molecule has 1 N–H and O–H groups in total. The van der Waals surface area contributed by atoms with E-state index in [0.717, 1.165) is 24.8 Å². The van der Waals surface area contributed by atoms with Crippen molar-refractivity contribution in [2.45, 2.75) is 32.4 Å². The van der Waals surface area contributed by atoms with E-state index in [1.54, 1.807) is 22.9 Å². The number of hydrogen-bond donors (Lipinski definition) is 1. The van der Waals surface area contributed by atoms with Gasteiger partial charge in [-0.15, -0.1) is 0 Å². The van der Waals surface area contributed by atoms with Crippen molar-refractivity contribution < 1.29 is 19.4 Å². The number of nitrogens with zero attached hydrogens (tertiary/aromatic N) is 2. The van der Waals surface area contributed by atoms with Crippen LogP contribution in [0.2, 0.25) is 0 Å². The Morgan fingerprint density at radius 2 is 2.04 bits per heavy atom. The second kappa shape index (κ2) is 7.86. The number of carboxylic acids is 1. The summed E-state index contributed by atoms with van der Waals surface area (Å²) in [7, 11) is 0. The first-order chi connectivity index (χ1) is 13.6. The summed E-state index contributed by atoms with van der Waals surface area (Å²) < 4.78 is 13.7. The fourth-order valence-electron chi connectivity index (χ4n) is 3.26. The van der Waals surface area contributed by atoms with Crippen molar-refractivity contribution in [2.75, 3.05) is 6.61 Å². The molecule has 0 radical (unpaired) electrons. The molecule has 1 saturated heterocycles. The Morgan fingerprint density at radius 1 is 1.21 bits per heavy atom. The number of benzene rings is 2. The predicted molar refractivity (Wildman–Crippen MR) is 105 cm³/mol. The number of aromatic nitrogens is 2. The molecule has 0 aliphatic carbocycles. The number of aryl methyl sites for hydroxylation is 1. The van der Waals surface area contributed by atoms with Crippen molar-refractivity contribution in [3.05, 3.63) is 65.9 Å². The molecule has 28 heavy (non-hydrogen) atoms. The third-order valence-corrected chi connectivity index (χ3v) is 4.78. The lowest BCUT2D eigenvalue weighted by Gasteiger charge is -2.22. The summed E-state index contributed by atoms with van der Waals surface area (Å²) in [5, 5.41) is 14.0. The molecule has 1 unspecified atom stereocenters. The molecule has 1 aliphatic heterocycles. The molecular weight excluding hydrogens is 356 g/mol. The Kier molecular flexibility index (Phi) is 5.12. The molecule has 0 bridgehead atoms. The van der Waals surface area contributed by atoms with Crippen molar-refractivity contribution in [3.8, 4) is 22.8 Å². The summed E-state index contributed by atoms with van der Waals surface area (Å²) in [4.78, 5) is 11.4. The van der Waals surface area contributed by atoms with Crippen LogP contribution in [0.5, 0.6) is 11.5 Å². The van der Waals surface area contributed by atoms with Gasteiger partial charge in [0.05, 0.1) is 11.8 Å². The van der Waals surface area contributed by atoms with Gasteiger partial charge >= 0.3 is 5.97 Å². The maximum Gasteiger partial charge on any atom is 0.335 e. The Labute approximate surface area is 163 Å². The minimum atomic E-state index is -0.974. The number of carbonyl (C=O) groups is 1. The highest BCUT2D eigenvalue weighted by molar-refractivity contribution is 5.89. The second-order valence-electron chi connectivity index (χ2n) is 6.94. The summed E-state index contributed by atoms with van der Waals surface area (Å²) in [6.07, 6.45) is 4.73. The third-order valence-electron chi connectivity index (χ3n) is 4.78. The second-order valence-corrected chi connectivity index (χ2v) is 6.94. The molecule has 4 rings (SSSR count). The molecule has 6 nitrogen and oxygen atoms in total. The quantitative estimate of drug-likeness (QED) is 0.673. The van der Waals surface area contributed by atoms with E-state index < -0.39 is 5.97 Å². The van der Waals surface area contributed by atoms with Crippen LogP contribution in [-0.4, -0.2) is 27.5 Å². The molecular formula is C22H22N2O4. The minimum Gasteiger partial charge on any atom is -0.478 e. The molecule has 144 valence electrons. The Hall–Kier alpha value is -3.12. The molecule has 3 aromatic rings. The molecule has 0 saturated carbocycles. The van der Waals surface area contributed by atoms with Gasteiger partial charge in [-0.3, -0.25) is 0 Å². The number of rotatable bonds is 5. The maximum atomic E-state index is 11.4. The largest absolute Gasteiger partial charge is 0.478 e. The zero-order chi connectivity index (χ0) is 19.5. The first-order valence-corrected chi connectivity index (χ1v) is 9.39. The fourth-order valence-corrected chi connectivity index (χ4v) is 3.26. The third kappa shape index (κ3) is 3.92. The average molecular weight is 378 g/mol. The monoisotopic (exact) mass is 378 g/mol. The SMILES string of the molecule is Cc1ccc(Oc2cn(C3CCCCO3)nc2-c2cccc(C(=O)O)c2)cc1. The summed E-state index contributed by atoms with van der Waals surface area (Å²) >= 11 is 0. The van der Waals surface area contributed by atoms with Crippen LogP contribution in [0.1, 0.15) is 41.4 Å². The molecule has 1 aliphatic rings. The lowest BCUT2D eigenvalue weighted by atomic mass is 10.1. The van der Waals surface area contributed by atoms with Crippen LogP contribution in [0.3, 0.4) is 0 Å². The molecule has 2 heterocycles. The summed E-state index contributed by atoms with van der Waals surface area (Å²) in [6, 6.07) is 14.5. The highest BCUT2D eigenvalue weighted by Crippen LogP contribution is 2.35. The Morgan fingerprint density at radius 3 is 2.75 bits per heavy atom. The molecule has 1 atom stereocenters. The van der Waals surface area contributed by atoms with Gasteiger partial charge in [0.25, 0.3) is 0 Å². The molecule has 1 fully saturated rings. The van der Waals surface area contributed by atoms with Gasteiger partial charge in [-0.25, -0.2) is 9.48 Å². The smallest absolute Gasteiger partial charge is 0.335 e. The standard InChI is InChI=1S/C22H22N2O4/c1-15-8-10-18(11-9-15)28-19-14-24(20-7-2-3-12-27-20)23-21(19)16-5-4-6-17(13-16)22(25)26/h4-6,8-11,13-14,20H,2-3,7,12H2,1H3,(H,25,26). The molecule has 0 amide bonds. The van der Waals surface area contributed by atoms with E-state index in [1.807, 2.05) is 43.5 Å². The molecule has 2 aromatic carbocycles. The van der Waals surface area contributed by atoms with E-state index in [4.69, 9.17) is 14.6 Å². The van der Waals surface area contributed by atoms with Crippen LogP contribution in [0.4, 0.5) is 0 Å². The lowest BCUT2D eigenvalue weighted by molar-refractivity contribution is -0.0394. The van der Waals surface area contributed by atoms with Gasteiger partial charge in [-0.1, -0.05) is 29.8 Å². The summed E-state index contributed by atoms with van der Waals surface area (Å²) in [5.74, 6) is 0.295. The molecule has 1 aromatic heterocycles. The van der Waals surface area contributed by atoms with Gasteiger partial charge in [0.15, 0.2) is 5.75 Å². The first-order valence-electron chi connectivity index (χ1n) is 9.39. The van der Waals surface area contributed by atoms with E-state index in [1.165, 1.54) is 0 Å². The molecule has 0 spiro atoms. The van der Waals surface area contributed by atoms with Gasteiger partial charge in [0, 0.05) is 12.2 Å². The van der Waals surface area contributed by atoms with Crippen LogP contribution in [0.15, 0.2) is 54.7 Å². The van der Waals surface area contributed by atoms with E-state index in [0.29, 0.717) is 29.4 Å². The van der Waals surface area contributed by atoms with Crippen LogP contribution in [0, 0.1) is 6.92 Å². The number of hydrogen-bond acceptors (Lipinski definition) is 4. The average Bonchev–Trinajstić information content (AvgIpc) is 3.14. The first kappa shape index (κ1) is 18.3. The van der Waals surface area contributed by atoms with Crippen LogP contribution >= 0.6 is 0 Å². The summed E-state index contributed by atoms with van der Waals surface area (Å²) in [6.45, 7) is 2.73. The van der Waals surface area contributed by atoms with Gasteiger partial charge in [-0.05, 0) is 50.5 Å². The van der Waals surface area contributed by atoms with Gasteiger partial charge in [0.1, 0.15) is 17.7 Å². The predicted octanol–water partition coefficient (Wildman–Crippen LogP) is 5.05. The van der Waals surface area contributed by atoms with Gasteiger partial charge < -0.3 is 14.6 Å². The molecule has 6 heteroatoms.